The van der Waals surface area contributed by atoms with Crippen molar-refractivity contribution in [3.8, 4) is 44.5 Å². The molecule has 0 unspecified atom stereocenters. The monoisotopic (exact) mass is 523 g/mol. The first-order chi connectivity index (χ1) is 20.3. The summed E-state index contributed by atoms with van der Waals surface area (Å²) in [6.45, 7) is 0. The van der Waals surface area contributed by atoms with Gasteiger partial charge in [-0.15, -0.1) is 0 Å². The summed E-state index contributed by atoms with van der Waals surface area (Å²) in [6, 6.07) is 60.5. The lowest BCUT2D eigenvalue weighted by atomic mass is 9.92. The molecule has 0 aromatic heterocycles. The van der Waals surface area contributed by atoms with Crippen LogP contribution in [0.4, 0.5) is 11.4 Å². The molecule has 0 spiro atoms. The van der Waals surface area contributed by atoms with E-state index >= 15 is 0 Å². The van der Waals surface area contributed by atoms with Crippen LogP contribution in [0.25, 0.3) is 55.3 Å². The van der Waals surface area contributed by atoms with E-state index < -0.39 is 0 Å². The zero-order chi connectivity index (χ0) is 27.4. The molecule has 0 aliphatic carbocycles. The maximum absolute atomic E-state index is 3.53. The van der Waals surface area contributed by atoms with Gasteiger partial charge in [-0.2, -0.15) is 0 Å². The zero-order valence-corrected chi connectivity index (χ0v) is 22.7. The highest BCUT2D eigenvalue weighted by Crippen LogP contribution is 2.35. The summed E-state index contributed by atoms with van der Waals surface area (Å²) >= 11 is 0. The topological polar surface area (TPSA) is 12.0 Å². The molecule has 1 heteroatoms. The van der Waals surface area contributed by atoms with Gasteiger partial charge < -0.3 is 5.32 Å². The fraction of sp³-hybridized carbons (Fsp3) is 0. The van der Waals surface area contributed by atoms with Crippen LogP contribution in [0.3, 0.4) is 0 Å². The van der Waals surface area contributed by atoms with Crippen LogP contribution in [0.5, 0.6) is 0 Å². The molecule has 0 aliphatic rings. The van der Waals surface area contributed by atoms with E-state index in [4.69, 9.17) is 0 Å². The number of benzene rings is 7. The van der Waals surface area contributed by atoms with Crippen molar-refractivity contribution in [2.45, 2.75) is 0 Å². The predicted octanol–water partition coefficient (Wildman–Crippen LogP) is 11.3. The summed E-state index contributed by atoms with van der Waals surface area (Å²) in [5, 5.41) is 6.05. The standard InChI is InChI=1S/C40H29N/c1-3-9-29(10-4-1)32-19-23-37(24-20-32)41-38-25-21-33(22-26-38)31-15-17-34(18-16-31)40-28-36(30-11-5-2-6-12-30)27-35-13-7-8-14-39(35)40/h1-28,41H. The second-order valence-electron chi connectivity index (χ2n) is 10.3. The quantitative estimate of drug-likeness (QED) is 0.229. The Morgan fingerprint density at radius 1 is 0.293 bits per heavy atom. The van der Waals surface area contributed by atoms with Gasteiger partial charge in [-0.05, 0) is 91.7 Å². The highest BCUT2D eigenvalue weighted by Gasteiger charge is 2.09. The molecule has 0 saturated carbocycles. The van der Waals surface area contributed by atoms with Crippen molar-refractivity contribution in [1.82, 2.24) is 0 Å². The van der Waals surface area contributed by atoms with Gasteiger partial charge in [0.1, 0.15) is 0 Å². The van der Waals surface area contributed by atoms with Crippen LogP contribution in [0.1, 0.15) is 0 Å². The van der Waals surface area contributed by atoms with Crippen LogP contribution in [-0.4, -0.2) is 0 Å². The van der Waals surface area contributed by atoms with E-state index in [2.05, 4.69) is 169 Å². The molecular formula is C40H29N. The summed E-state index contributed by atoms with van der Waals surface area (Å²) in [7, 11) is 0. The molecule has 7 aromatic carbocycles. The third-order valence-corrected chi connectivity index (χ3v) is 7.66. The third-order valence-electron chi connectivity index (χ3n) is 7.66. The normalized spacial score (nSPS) is 10.9. The minimum Gasteiger partial charge on any atom is -0.356 e. The molecule has 7 rings (SSSR count). The molecule has 41 heavy (non-hydrogen) atoms. The van der Waals surface area contributed by atoms with Crippen molar-refractivity contribution in [3.05, 3.63) is 170 Å². The van der Waals surface area contributed by atoms with E-state index in [9.17, 15) is 0 Å². The third kappa shape index (κ3) is 5.26. The molecule has 0 saturated heterocycles. The Balaban J connectivity index is 1.12. The van der Waals surface area contributed by atoms with Crippen molar-refractivity contribution in [2.75, 3.05) is 5.32 Å². The van der Waals surface area contributed by atoms with E-state index in [-0.39, 0.29) is 0 Å². The summed E-state index contributed by atoms with van der Waals surface area (Å²) in [5.74, 6) is 0. The molecule has 0 fully saturated rings. The fourth-order valence-electron chi connectivity index (χ4n) is 5.48. The van der Waals surface area contributed by atoms with Gasteiger partial charge in [-0.3, -0.25) is 0 Å². The second-order valence-corrected chi connectivity index (χ2v) is 10.3. The number of nitrogens with one attached hydrogen (secondary N) is 1. The van der Waals surface area contributed by atoms with E-state index in [0.717, 1.165) is 11.4 Å². The highest BCUT2D eigenvalue weighted by molar-refractivity contribution is 6.00. The van der Waals surface area contributed by atoms with Crippen molar-refractivity contribution >= 4 is 22.1 Å². The Hall–Kier alpha value is -5.40. The molecule has 1 N–H and O–H groups in total. The summed E-state index contributed by atoms with van der Waals surface area (Å²) in [6.07, 6.45) is 0. The number of hydrogen-bond acceptors (Lipinski definition) is 1. The lowest BCUT2D eigenvalue weighted by Crippen LogP contribution is -1.90. The number of anilines is 2. The van der Waals surface area contributed by atoms with Crippen LogP contribution in [0.2, 0.25) is 0 Å². The Kier molecular flexibility index (Phi) is 6.61. The fourth-order valence-corrected chi connectivity index (χ4v) is 5.48. The Morgan fingerprint density at radius 2 is 0.707 bits per heavy atom. The van der Waals surface area contributed by atoms with Crippen molar-refractivity contribution < 1.29 is 0 Å². The summed E-state index contributed by atoms with van der Waals surface area (Å²) < 4.78 is 0. The molecule has 0 radical (unpaired) electrons. The summed E-state index contributed by atoms with van der Waals surface area (Å²) in [4.78, 5) is 0. The maximum Gasteiger partial charge on any atom is 0.0384 e. The van der Waals surface area contributed by atoms with Gasteiger partial charge in [-0.1, -0.05) is 133 Å². The number of fused-ring (bicyclic) bond motifs is 1. The average molecular weight is 524 g/mol. The molecule has 1 nitrogen and oxygen atoms in total. The number of rotatable bonds is 6. The zero-order valence-electron chi connectivity index (χ0n) is 22.7. The maximum atomic E-state index is 3.53. The van der Waals surface area contributed by atoms with Crippen molar-refractivity contribution in [3.63, 3.8) is 0 Å². The number of hydrogen-bond donors (Lipinski definition) is 1. The second kappa shape index (κ2) is 11.0. The molecule has 7 aromatic rings. The van der Waals surface area contributed by atoms with E-state index in [0.29, 0.717) is 0 Å². The molecule has 0 heterocycles. The smallest absolute Gasteiger partial charge is 0.0384 e. The molecule has 0 amide bonds. The molecular weight excluding hydrogens is 494 g/mol. The van der Waals surface area contributed by atoms with Gasteiger partial charge >= 0.3 is 0 Å². The van der Waals surface area contributed by atoms with Crippen molar-refractivity contribution in [2.24, 2.45) is 0 Å². The minimum atomic E-state index is 1.07. The van der Waals surface area contributed by atoms with Gasteiger partial charge in [0.15, 0.2) is 0 Å². The Labute approximate surface area is 241 Å². The Bertz CT molecular complexity index is 1900. The Morgan fingerprint density at radius 3 is 1.27 bits per heavy atom. The van der Waals surface area contributed by atoms with Crippen LogP contribution < -0.4 is 5.32 Å². The minimum absolute atomic E-state index is 1.07. The first kappa shape index (κ1) is 24.6. The lowest BCUT2D eigenvalue weighted by Gasteiger charge is -2.12. The first-order valence-corrected chi connectivity index (χ1v) is 14.0. The van der Waals surface area contributed by atoms with Crippen LogP contribution in [-0.2, 0) is 0 Å². The van der Waals surface area contributed by atoms with Crippen LogP contribution in [0.15, 0.2) is 170 Å². The SMILES string of the molecule is c1ccc(-c2ccc(Nc3ccc(-c4ccc(-c5cc(-c6ccccc6)cc6ccccc56)cc4)cc3)cc2)cc1. The van der Waals surface area contributed by atoms with Gasteiger partial charge in [0, 0.05) is 11.4 Å². The van der Waals surface area contributed by atoms with Gasteiger partial charge in [0.25, 0.3) is 0 Å². The molecule has 194 valence electrons. The van der Waals surface area contributed by atoms with Gasteiger partial charge in [0.2, 0.25) is 0 Å². The average Bonchev–Trinajstić information content (AvgIpc) is 3.06. The molecule has 0 atom stereocenters. The van der Waals surface area contributed by atoms with Crippen LogP contribution in [0, 0.1) is 0 Å². The lowest BCUT2D eigenvalue weighted by molar-refractivity contribution is 1.53. The highest BCUT2D eigenvalue weighted by atomic mass is 14.9. The van der Waals surface area contributed by atoms with Crippen LogP contribution >= 0.6 is 0 Å². The van der Waals surface area contributed by atoms with E-state index in [1.165, 1.54) is 55.3 Å². The van der Waals surface area contributed by atoms with Gasteiger partial charge in [-0.25, -0.2) is 0 Å². The largest absolute Gasteiger partial charge is 0.356 e. The summed E-state index contributed by atoms with van der Waals surface area (Å²) in [5.41, 5.74) is 11.9. The first-order valence-electron chi connectivity index (χ1n) is 14.0. The van der Waals surface area contributed by atoms with Gasteiger partial charge in [0.05, 0.1) is 0 Å². The molecule has 0 aliphatic heterocycles. The predicted molar refractivity (Wildman–Crippen MR) is 175 cm³/mol. The molecule has 0 bridgehead atoms. The van der Waals surface area contributed by atoms with Crippen molar-refractivity contribution in [1.29, 1.82) is 0 Å². The van der Waals surface area contributed by atoms with E-state index in [1.54, 1.807) is 0 Å². The van der Waals surface area contributed by atoms with E-state index in [1.807, 2.05) is 6.07 Å².